The molecule has 2 heterocycles. The van der Waals surface area contributed by atoms with E-state index in [1.165, 1.54) is 18.9 Å². The van der Waals surface area contributed by atoms with Gasteiger partial charge in [-0.15, -0.1) is 25.3 Å². The molecule has 9 heteroatoms. The molecule has 0 radical (unpaired) electrons. The fourth-order valence-corrected chi connectivity index (χ4v) is 4.24. The number of piperazine rings is 1. The number of carbonyl (C=O) groups is 3. The second-order valence-electron chi connectivity index (χ2n) is 6.15. The highest BCUT2D eigenvalue weighted by molar-refractivity contribution is 7.83. The number of hydrogen-bond donors (Lipinski definition) is 3. The zero-order valence-corrected chi connectivity index (χ0v) is 15.0. The van der Waals surface area contributed by atoms with Crippen LogP contribution in [0.2, 0.25) is 0 Å². The maximum absolute atomic E-state index is 13.1. The molecule has 0 spiro atoms. The number of carbonyl (C=O) groups excluding carboxylic acids is 3. The van der Waals surface area contributed by atoms with Crippen molar-refractivity contribution in [2.75, 3.05) is 13.7 Å². The van der Waals surface area contributed by atoms with Gasteiger partial charge in [-0.25, -0.2) is 0 Å². The third-order valence-corrected chi connectivity index (χ3v) is 5.91. The summed E-state index contributed by atoms with van der Waals surface area (Å²) in [5, 5.41) is 9.66. The van der Waals surface area contributed by atoms with Crippen molar-refractivity contribution in [2.24, 2.45) is 0 Å². The Labute approximate surface area is 150 Å². The van der Waals surface area contributed by atoms with Crippen molar-refractivity contribution >= 4 is 43.0 Å². The molecule has 2 saturated heterocycles. The number of rotatable bonds is 2. The lowest BCUT2D eigenvalue weighted by Gasteiger charge is -2.51. The molecule has 2 aliphatic heterocycles. The Kier molecular flexibility index (Phi) is 4.01. The second kappa shape index (κ2) is 5.53. The molecule has 2 fully saturated rings. The molecule has 0 aromatic rings. The van der Waals surface area contributed by atoms with E-state index in [0.29, 0.717) is 0 Å². The number of fused-ring (bicyclic) bond motifs is 3. The Morgan fingerprint density at radius 2 is 2.08 bits per heavy atom. The Hall–Kier alpha value is -1.45. The number of hydrogen-bond acceptors (Lipinski definition) is 7. The molecule has 0 aromatic heterocycles. The van der Waals surface area contributed by atoms with Crippen molar-refractivity contribution in [1.29, 1.82) is 0 Å². The standard InChI is InChI=1S/C15H18N2O5S2/c1-8(19)22-10-5-3-4-9-6-14(23)12(20)16(2)15(24,7-18)13(21)17(14)11(9)10/h3-5,10-11,18,23-24H,6-7H2,1-2H3/t10-,11?,14+,15+/m0/s1. The predicted molar refractivity (Wildman–Crippen MR) is 91.3 cm³/mol. The Morgan fingerprint density at radius 3 is 2.67 bits per heavy atom. The molecule has 4 atom stereocenters. The summed E-state index contributed by atoms with van der Waals surface area (Å²) in [6.07, 6.45) is 4.68. The van der Waals surface area contributed by atoms with Gasteiger partial charge in [-0.05, 0) is 11.6 Å². The molecule has 1 unspecified atom stereocenters. The van der Waals surface area contributed by atoms with E-state index in [-0.39, 0.29) is 6.42 Å². The Balaban J connectivity index is 2.10. The minimum atomic E-state index is -1.68. The first-order valence-corrected chi connectivity index (χ1v) is 8.28. The summed E-state index contributed by atoms with van der Waals surface area (Å²) < 4.78 is 5.30. The summed E-state index contributed by atoms with van der Waals surface area (Å²) in [5.41, 5.74) is 0.768. The summed E-state index contributed by atoms with van der Waals surface area (Å²) in [6, 6.07) is -0.639. The van der Waals surface area contributed by atoms with Crippen LogP contribution >= 0.6 is 25.3 Å². The largest absolute Gasteiger partial charge is 0.456 e. The number of aliphatic hydroxyl groups excluding tert-OH is 1. The van der Waals surface area contributed by atoms with E-state index >= 15 is 0 Å². The van der Waals surface area contributed by atoms with Crippen LogP contribution in [0.15, 0.2) is 23.8 Å². The summed E-state index contributed by atoms with van der Waals surface area (Å²) in [6.45, 7) is 0.639. The van der Waals surface area contributed by atoms with Gasteiger partial charge in [-0.1, -0.05) is 12.2 Å². The van der Waals surface area contributed by atoms with E-state index in [0.717, 1.165) is 10.5 Å². The van der Waals surface area contributed by atoms with E-state index in [2.05, 4.69) is 25.3 Å². The van der Waals surface area contributed by atoms with Crippen LogP contribution in [0, 0.1) is 0 Å². The Morgan fingerprint density at radius 1 is 1.42 bits per heavy atom. The lowest BCUT2D eigenvalue weighted by atomic mass is 9.96. The zero-order valence-electron chi connectivity index (χ0n) is 13.2. The number of nitrogens with zero attached hydrogens (tertiary/aromatic N) is 2. The van der Waals surface area contributed by atoms with Gasteiger partial charge in [0.25, 0.3) is 11.8 Å². The number of ether oxygens (including phenoxy) is 1. The number of esters is 1. The SMILES string of the molecule is CC(=O)O[C@H]1C=CC=C2C[C@@]3(S)C(=O)N(C)[C@@](S)(CO)C(=O)N3C21. The van der Waals surface area contributed by atoms with Crippen LogP contribution in [0.3, 0.4) is 0 Å². The first kappa shape index (κ1) is 17.4. The van der Waals surface area contributed by atoms with Crippen molar-refractivity contribution < 1.29 is 24.2 Å². The van der Waals surface area contributed by atoms with Gasteiger partial charge < -0.3 is 19.6 Å². The summed E-state index contributed by atoms with van der Waals surface area (Å²) >= 11 is 8.77. The number of aliphatic hydroxyl groups is 1. The zero-order chi connectivity index (χ0) is 17.9. The Bertz CT molecular complexity index is 693. The lowest BCUT2D eigenvalue weighted by Crippen LogP contribution is -2.73. The van der Waals surface area contributed by atoms with Crippen molar-refractivity contribution in [3.05, 3.63) is 23.8 Å². The maximum Gasteiger partial charge on any atom is 0.303 e. The topological polar surface area (TPSA) is 87.1 Å². The van der Waals surface area contributed by atoms with Crippen molar-refractivity contribution in [2.45, 2.75) is 35.2 Å². The van der Waals surface area contributed by atoms with Gasteiger partial charge in [-0.3, -0.25) is 14.4 Å². The molecule has 130 valence electrons. The molecule has 0 aromatic carbocycles. The van der Waals surface area contributed by atoms with Crippen LogP contribution in [-0.4, -0.2) is 68.2 Å². The molecule has 3 rings (SSSR count). The minimum absolute atomic E-state index is 0.215. The third kappa shape index (κ3) is 2.14. The first-order chi connectivity index (χ1) is 11.2. The quantitative estimate of drug-likeness (QED) is 0.460. The van der Waals surface area contributed by atoms with Crippen LogP contribution in [0.1, 0.15) is 13.3 Å². The van der Waals surface area contributed by atoms with Crippen LogP contribution < -0.4 is 0 Å². The highest BCUT2D eigenvalue weighted by atomic mass is 32.1. The van der Waals surface area contributed by atoms with Crippen LogP contribution in [0.4, 0.5) is 0 Å². The molecular weight excluding hydrogens is 352 g/mol. The van der Waals surface area contributed by atoms with E-state index < -0.39 is 46.3 Å². The molecule has 2 amide bonds. The first-order valence-electron chi connectivity index (χ1n) is 7.39. The fourth-order valence-electron chi connectivity index (χ4n) is 3.49. The van der Waals surface area contributed by atoms with Gasteiger partial charge in [-0.2, -0.15) is 0 Å². The summed E-state index contributed by atoms with van der Waals surface area (Å²) in [7, 11) is 1.41. The van der Waals surface area contributed by atoms with Crippen LogP contribution in [0.5, 0.6) is 0 Å². The highest BCUT2D eigenvalue weighted by Gasteiger charge is 2.66. The van der Waals surface area contributed by atoms with Crippen molar-refractivity contribution in [3.63, 3.8) is 0 Å². The normalized spacial score (nSPS) is 38.0. The minimum Gasteiger partial charge on any atom is -0.456 e. The van der Waals surface area contributed by atoms with E-state index in [9.17, 15) is 19.5 Å². The van der Waals surface area contributed by atoms with Gasteiger partial charge in [0, 0.05) is 20.4 Å². The average Bonchev–Trinajstić information content (AvgIpc) is 2.85. The number of likely N-dealkylation sites (N-methyl/N-ethyl adjacent to an activating group) is 1. The molecule has 7 nitrogen and oxygen atoms in total. The van der Waals surface area contributed by atoms with Crippen molar-refractivity contribution in [1.82, 2.24) is 9.80 Å². The monoisotopic (exact) mass is 370 g/mol. The fraction of sp³-hybridized carbons (Fsp3) is 0.533. The maximum atomic E-state index is 13.1. The van der Waals surface area contributed by atoms with Gasteiger partial charge in [0.1, 0.15) is 6.10 Å². The third-order valence-electron chi connectivity index (χ3n) is 4.72. The van der Waals surface area contributed by atoms with Crippen LogP contribution in [0.25, 0.3) is 0 Å². The molecular formula is C15H18N2O5S2. The predicted octanol–water partition coefficient (Wildman–Crippen LogP) is -0.268. The average molecular weight is 370 g/mol. The molecule has 0 saturated carbocycles. The lowest BCUT2D eigenvalue weighted by molar-refractivity contribution is -0.169. The molecule has 3 aliphatic rings. The van der Waals surface area contributed by atoms with E-state index in [1.807, 2.05) is 0 Å². The van der Waals surface area contributed by atoms with Gasteiger partial charge in [0.15, 0.2) is 9.74 Å². The van der Waals surface area contributed by atoms with Crippen LogP contribution in [-0.2, 0) is 19.1 Å². The van der Waals surface area contributed by atoms with E-state index in [1.54, 1.807) is 18.2 Å². The van der Waals surface area contributed by atoms with Gasteiger partial charge in [0.05, 0.1) is 12.6 Å². The smallest absolute Gasteiger partial charge is 0.303 e. The van der Waals surface area contributed by atoms with E-state index in [4.69, 9.17) is 4.74 Å². The van der Waals surface area contributed by atoms with Gasteiger partial charge in [0.2, 0.25) is 0 Å². The molecule has 1 aliphatic carbocycles. The number of thiol groups is 2. The molecule has 0 bridgehead atoms. The molecule has 1 N–H and O–H groups in total. The van der Waals surface area contributed by atoms with Crippen molar-refractivity contribution in [3.8, 4) is 0 Å². The number of amides is 2. The number of allylic oxidation sites excluding steroid dienone is 2. The summed E-state index contributed by atoms with van der Waals surface area (Å²) in [4.78, 5) is 36.7. The second-order valence-corrected chi connectivity index (χ2v) is 7.63. The van der Waals surface area contributed by atoms with Gasteiger partial charge >= 0.3 is 5.97 Å². The molecule has 24 heavy (non-hydrogen) atoms. The summed E-state index contributed by atoms with van der Waals surface area (Å²) in [5.74, 6) is -1.48. The highest BCUT2D eigenvalue weighted by Crippen LogP contribution is 2.50.